The molecule has 0 radical (unpaired) electrons. The van der Waals surface area contributed by atoms with Crippen molar-refractivity contribution in [1.29, 1.82) is 0 Å². The average Bonchev–Trinajstić information content (AvgIpc) is 2.07. The third-order valence-electron chi connectivity index (χ3n) is 4.03. The molecule has 84 valence electrons. The smallest absolute Gasteiger partial charge is 0.0334 e. The summed E-state index contributed by atoms with van der Waals surface area (Å²) in [6.07, 6.45) is 7.24. The highest BCUT2D eigenvalue weighted by molar-refractivity contribution is 4.85. The van der Waals surface area contributed by atoms with Gasteiger partial charge in [0.2, 0.25) is 0 Å². The van der Waals surface area contributed by atoms with Crippen LogP contribution in [0, 0.1) is 23.2 Å². The van der Waals surface area contributed by atoms with E-state index in [4.69, 9.17) is 0 Å². The predicted octanol–water partition coefficient (Wildman–Crippen LogP) is 4.89. The molecule has 0 heteroatoms. The molecule has 1 aliphatic rings. The Bertz CT molecular complexity index is 163. The van der Waals surface area contributed by atoms with Gasteiger partial charge in [0.15, 0.2) is 0 Å². The van der Waals surface area contributed by atoms with E-state index in [-0.39, 0.29) is 0 Å². The molecule has 1 aliphatic carbocycles. The van der Waals surface area contributed by atoms with Gasteiger partial charge in [0.05, 0.1) is 0 Å². The normalized spacial score (nSPS) is 34.5. The maximum atomic E-state index is 2.43. The van der Waals surface area contributed by atoms with Gasteiger partial charge in [0.1, 0.15) is 0 Å². The molecule has 14 heavy (non-hydrogen) atoms. The topological polar surface area (TPSA) is 0 Å². The molecule has 1 fully saturated rings. The Labute approximate surface area is 90.5 Å². The monoisotopic (exact) mass is 196 g/mol. The highest BCUT2D eigenvalue weighted by Crippen LogP contribution is 2.45. The molecule has 0 aliphatic heterocycles. The van der Waals surface area contributed by atoms with E-state index in [2.05, 4.69) is 34.6 Å². The predicted molar refractivity (Wildman–Crippen MR) is 64.4 cm³/mol. The summed E-state index contributed by atoms with van der Waals surface area (Å²) >= 11 is 0. The van der Waals surface area contributed by atoms with Gasteiger partial charge in [-0.05, 0) is 36.0 Å². The summed E-state index contributed by atoms with van der Waals surface area (Å²) in [6.45, 7) is 12.0. The van der Waals surface area contributed by atoms with Crippen molar-refractivity contribution >= 4 is 0 Å². The molecule has 0 aromatic carbocycles. The number of hydrogen-bond acceptors (Lipinski definition) is 0. The van der Waals surface area contributed by atoms with E-state index in [1.54, 1.807) is 0 Å². The van der Waals surface area contributed by atoms with Gasteiger partial charge in [-0.15, -0.1) is 0 Å². The van der Waals surface area contributed by atoms with Crippen molar-refractivity contribution < 1.29 is 0 Å². The zero-order valence-corrected chi connectivity index (χ0v) is 10.8. The lowest BCUT2D eigenvalue weighted by Gasteiger charge is -2.43. The molecule has 3 atom stereocenters. The average molecular weight is 196 g/mol. The van der Waals surface area contributed by atoms with Crippen LogP contribution in [-0.4, -0.2) is 0 Å². The molecule has 0 spiro atoms. The molecular weight excluding hydrogens is 168 g/mol. The van der Waals surface area contributed by atoms with E-state index in [1.165, 1.54) is 32.1 Å². The fraction of sp³-hybridized carbons (Fsp3) is 1.00. The molecule has 0 saturated heterocycles. The largest absolute Gasteiger partial charge is 0.0654 e. The Morgan fingerprint density at radius 3 is 2.29 bits per heavy atom. The van der Waals surface area contributed by atoms with Gasteiger partial charge in [-0.3, -0.25) is 0 Å². The Kier molecular flexibility index (Phi) is 4.04. The minimum absolute atomic E-state index is 0.522. The lowest BCUT2D eigenvalue weighted by atomic mass is 9.63. The highest BCUT2D eigenvalue weighted by Gasteiger charge is 2.35. The summed E-state index contributed by atoms with van der Waals surface area (Å²) in [6, 6.07) is 0. The van der Waals surface area contributed by atoms with Crippen LogP contribution in [0.1, 0.15) is 66.7 Å². The molecule has 0 nitrogen and oxygen atoms in total. The molecule has 0 heterocycles. The molecule has 1 rings (SSSR count). The third-order valence-corrected chi connectivity index (χ3v) is 4.03. The first-order valence-corrected chi connectivity index (χ1v) is 6.45. The van der Waals surface area contributed by atoms with E-state index in [0.29, 0.717) is 5.41 Å². The minimum atomic E-state index is 0.522. The first-order valence-electron chi connectivity index (χ1n) is 6.45. The summed E-state index contributed by atoms with van der Waals surface area (Å²) in [5.74, 6) is 2.94. The van der Waals surface area contributed by atoms with Crippen LogP contribution in [0.25, 0.3) is 0 Å². The Morgan fingerprint density at radius 2 is 1.79 bits per heavy atom. The Morgan fingerprint density at radius 1 is 1.14 bits per heavy atom. The quantitative estimate of drug-likeness (QED) is 0.590. The summed E-state index contributed by atoms with van der Waals surface area (Å²) in [7, 11) is 0. The van der Waals surface area contributed by atoms with Gasteiger partial charge < -0.3 is 0 Å². The van der Waals surface area contributed by atoms with Crippen LogP contribution in [0.5, 0.6) is 0 Å². The van der Waals surface area contributed by atoms with Crippen LogP contribution in [-0.2, 0) is 0 Å². The lowest BCUT2D eigenvalue weighted by molar-refractivity contribution is 0.0755. The molecule has 3 unspecified atom stereocenters. The van der Waals surface area contributed by atoms with Crippen LogP contribution < -0.4 is 0 Å². The van der Waals surface area contributed by atoms with Crippen LogP contribution in [0.3, 0.4) is 0 Å². The van der Waals surface area contributed by atoms with Crippen LogP contribution in [0.4, 0.5) is 0 Å². The SMILES string of the molecule is CCCC1CCC(C)CC1C(C)(C)C. The summed E-state index contributed by atoms with van der Waals surface area (Å²) in [5.41, 5.74) is 0.522. The van der Waals surface area contributed by atoms with Crippen LogP contribution >= 0.6 is 0 Å². The third kappa shape index (κ3) is 3.00. The number of rotatable bonds is 2. The molecule has 0 N–H and O–H groups in total. The molecule has 0 aromatic rings. The molecule has 0 amide bonds. The van der Waals surface area contributed by atoms with Crippen molar-refractivity contribution in [3.05, 3.63) is 0 Å². The second-order valence-electron chi connectivity index (χ2n) is 6.44. The first-order chi connectivity index (χ1) is 6.45. The van der Waals surface area contributed by atoms with E-state index in [9.17, 15) is 0 Å². The van der Waals surface area contributed by atoms with Crippen molar-refractivity contribution in [3.8, 4) is 0 Å². The van der Waals surface area contributed by atoms with Crippen molar-refractivity contribution in [1.82, 2.24) is 0 Å². The molecule has 0 aromatic heterocycles. The fourth-order valence-corrected chi connectivity index (χ4v) is 3.22. The summed E-state index contributed by atoms with van der Waals surface area (Å²) < 4.78 is 0. The van der Waals surface area contributed by atoms with Crippen molar-refractivity contribution in [2.75, 3.05) is 0 Å². The zero-order chi connectivity index (χ0) is 10.8. The summed E-state index contributed by atoms with van der Waals surface area (Å²) in [4.78, 5) is 0. The molecule has 1 saturated carbocycles. The second-order valence-corrected chi connectivity index (χ2v) is 6.44. The first kappa shape index (κ1) is 12.1. The molecule has 0 bridgehead atoms. The molecular formula is C14H28. The lowest BCUT2D eigenvalue weighted by Crippen LogP contribution is -2.33. The Balaban J connectivity index is 2.64. The zero-order valence-electron chi connectivity index (χ0n) is 10.8. The maximum absolute atomic E-state index is 2.43. The summed E-state index contributed by atoms with van der Waals surface area (Å²) in [5, 5.41) is 0. The van der Waals surface area contributed by atoms with Crippen molar-refractivity contribution in [2.24, 2.45) is 23.2 Å². The van der Waals surface area contributed by atoms with Crippen LogP contribution in [0.15, 0.2) is 0 Å². The number of hydrogen-bond donors (Lipinski definition) is 0. The Hall–Kier alpha value is 0. The van der Waals surface area contributed by atoms with Gasteiger partial charge in [0, 0.05) is 0 Å². The van der Waals surface area contributed by atoms with E-state index in [0.717, 1.165) is 17.8 Å². The van der Waals surface area contributed by atoms with E-state index in [1.807, 2.05) is 0 Å². The fourth-order valence-electron chi connectivity index (χ4n) is 3.22. The van der Waals surface area contributed by atoms with Crippen LogP contribution in [0.2, 0.25) is 0 Å². The van der Waals surface area contributed by atoms with Gasteiger partial charge >= 0.3 is 0 Å². The maximum Gasteiger partial charge on any atom is -0.0334 e. The van der Waals surface area contributed by atoms with Crippen molar-refractivity contribution in [2.45, 2.75) is 66.7 Å². The van der Waals surface area contributed by atoms with Gasteiger partial charge in [-0.1, -0.05) is 53.9 Å². The van der Waals surface area contributed by atoms with Gasteiger partial charge in [-0.25, -0.2) is 0 Å². The van der Waals surface area contributed by atoms with E-state index < -0.39 is 0 Å². The van der Waals surface area contributed by atoms with Gasteiger partial charge in [-0.2, -0.15) is 0 Å². The standard InChI is InChI=1S/C14H28/c1-6-7-12-9-8-11(2)10-13(12)14(3,4)5/h11-13H,6-10H2,1-5H3. The second kappa shape index (κ2) is 4.68. The van der Waals surface area contributed by atoms with Crippen molar-refractivity contribution in [3.63, 3.8) is 0 Å². The van der Waals surface area contributed by atoms with E-state index >= 15 is 0 Å². The van der Waals surface area contributed by atoms with Gasteiger partial charge in [0.25, 0.3) is 0 Å². The minimum Gasteiger partial charge on any atom is -0.0654 e. The highest BCUT2D eigenvalue weighted by atomic mass is 14.4.